The zero-order valence-electron chi connectivity index (χ0n) is 13.7. The van der Waals surface area contributed by atoms with Crippen LogP contribution in [0.2, 0.25) is 0 Å². The molecule has 1 amide bonds. The smallest absolute Gasteiger partial charge is 0.255 e. The molecule has 1 aliphatic heterocycles. The van der Waals surface area contributed by atoms with E-state index in [-0.39, 0.29) is 5.91 Å². The lowest BCUT2D eigenvalue weighted by molar-refractivity contribution is 0.0342. The van der Waals surface area contributed by atoms with Gasteiger partial charge in [0.25, 0.3) is 5.91 Å². The second-order valence-electron chi connectivity index (χ2n) is 5.94. The van der Waals surface area contributed by atoms with Gasteiger partial charge in [0, 0.05) is 37.4 Å². The van der Waals surface area contributed by atoms with Crippen molar-refractivity contribution in [3.05, 3.63) is 65.2 Å². The first-order valence-corrected chi connectivity index (χ1v) is 8.24. The van der Waals surface area contributed by atoms with Crippen molar-refractivity contribution in [1.82, 2.24) is 4.90 Å². The number of nitrogens with one attached hydrogen (secondary N) is 1. The van der Waals surface area contributed by atoms with Crippen LogP contribution in [0.3, 0.4) is 0 Å². The number of rotatable bonds is 5. The fourth-order valence-electron chi connectivity index (χ4n) is 2.71. The van der Waals surface area contributed by atoms with Gasteiger partial charge in [0.15, 0.2) is 0 Å². The van der Waals surface area contributed by atoms with Crippen molar-refractivity contribution in [2.75, 3.05) is 31.6 Å². The molecule has 1 heterocycles. The molecule has 1 aliphatic rings. The molecule has 2 aromatic carbocycles. The Morgan fingerprint density at radius 3 is 2.25 bits per heavy atom. The van der Waals surface area contributed by atoms with Crippen LogP contribution in [0.1, 0.15) is 21.5 Å². The molecule has 2 aromatic rings. The first-order valence-electron chi connectivity index (χ1n) is 8.24. The Labute approximate surface area is 142 Å². The van der Waals surface area contributed by atoms with Crippen LogP contribution < -0.4 is 11.1 Å². The van der Waals surface area contributed by atoms with E-state index in [1.165, 1.54) is 5.56 Å². The minimum absolute atomic E-state index is 0.112. The molecule has 0 bridgehead atoms. The van der Waals surface area contributed by atoms with Crippen molar-refractivity contribution < 1.29 is 9.53 Å². The van der Waals surface area contributed by atoms with Gasteiger partial charge in [-0.1, -0.05) is 24.3 Å². The molecule has 0 aromatic heterocycles. The van der Waals surface area contributed by atoms with Crippen molar-refractivity contribution in [3.8, 4) is 0 Å². The summed E-state index contributed by atoms with van der Waals surface area (Å²) in [5, 5.41) is 2.92. The quantitative estimate of drug-likeness (QED) is 0.884. The van der Waals surface area contributed by atoms with Crippen LogP contribution in [0.15, 0.2) is 48.5 Å². The van der Waals surface area contributed by atoms with Gasteiger partial charge in [-0.3, -0.25) is 9.69 Å². The highest BCUT2D eigenvalue weighted by Gasteiger charge is 2.11. The van der Waals surface area contributed by atoms with Crippen LogP contribution in [0.4, 0.5) is 5.69 Å². The fourth-order valence-corrected chi connectivity index (χ4v) is 2.71. The monoisotopic (exact) mass is 325 g/mol. The molecule has 0 radical (unpaired) electrons. The lowest BCUT2D eigenvalue weighted by Crippen LogP contribution is -2.35. The van der Waals surface area contributed by atoms with Crippen molar-refractivity contribution in [2.45, 2.75) is 13.1 Å². The van der Waals surface area contributed by atoms with Crippen molar-refractivity contribution >= 4 is 11.6 Å². The molecule has 24 heavy (non-hydrogen) atoms. The van der Waals surface area contributed by atoms with E-state index in [9.17, 15) is 4.79 Å². The lowest BCUT2D eigenvalue weighted by Gasteiger charge is -2.26. The van der Waals surface area contributed by atoms with E-state index in [2.05, 4.69) is 22.3 Å². The number of nitrogens with zero attached hydrogens (tertiary/aromatic N) is 1. The summed E-state index contributed by atoms with van der Waals surface area (Å²) in [7, 11) is 0. The van der Waals surface area contributed by atoms with Crippen LogP contribution in [-0.4, -0.2) is 37.1 Å². The van der Waals surface area contributed by atoms with Crippen molar-refractivity contribution in [2.24, 2.45) is 5.73 Å². The van der Waals surface area contributed by atoms with Crippen LogP contribution in [0.25, 0.3) is 0 Å². The zero-order valence-corrected chi connectivity index (χ0v) is 13.7. The largest absolute Gasteiger partial charge is 0.379 e. The molecule has 0 aliphatic carbocycles. The molecule has 0 atom stereocenters. The average Bonchev–Trinajstić information content (AvgIpc) is 2.64. The Balaban J connectivity index is 1.57. The van der Waals surface area contributed by atoms with Crippen LogP contribution >= 0.6 is 0 Å². The van der Waals surface area contributed by atoms with Gasteiger partial charge in [-0.15, -0.1) is 0 Å². The second kappa shape index (κ2) is 8.06. The van der Waals surface area contributed by atoms with Gasteiger partial charge >= 0.3 is 0 Å². The molecule has 0 unspecified atom stereocenters. The number of amides is 1. The molecule has 0 spiro atoms. The fraction of sp³-hybridized carbons (Fsp3) is 0.316. The molecular weight excluding hydrogens is 302 g/mol. The van der Waals surface area contributed by atoms with Gasteiger partial charge in [-0.05, 0) is 35.4 Å². The van der Waals surface area contributed by atoms with E-state index in [1.807, 2.05) is 24.3 Å². The van der Waals surface area contributed by atoms with E-state index in [4.69, 9.17) is 10.5 Å². The third-order valence-corrected chi connectivity index (χ3v) is 4.17. The van der Waals surface area contributed by atoms with Crippen LogP contribution in [0.5, 0.6) is 0 Å². The van der Waals surface area contributed by atoms with E-state index in [0.717, 1.165) is 44.1 Å². The van der Waals surface area contributed by atoms with Gasteiger partial charge in [-0.25, -0.2) is 0 Å². The minimum Gasteiger partial charge on any atom is -0.379 e. The second-order valence-corrected chi connectivity index (χ2v) is 5.94. The minimum atomic E-state index is -0.112. The summed E-state index contributed by atoms with van der Waals surface area (Å²) in [5.41, 5.74) is 9.25. The molecule has 1 saturated heterocycles. The Hall–Kier alpha value is -2.21. The number of nitrogens with two attached hydrogens (primary N) is 1. The van der Waals surface area contributed by atoms with Gasteiger partial charge < -0.3 is 15.8 Å². The normalized spacial score (nSPS) is 15.2. The number of carbonyl (C=O) groups excluding carboxylic acids is 1. The van der Waals surface area contributed by atoms with Crippen molar-refractivity contribution in [3.63, 3.8) is 0 Å². The summed E-state index contributed by atoms with van der Waals surface area (Å²) in [6.07, 6.45) is 0. The van der Waals surface area contributed by atoms with Gasteiger partial charge in [0.05, 0.1) is 13.2 Å². The Kier molecular flexibility index (Phi) is 5.59. The Morgan fingerprint density at radius 1 is 1.00 bits per heavy atom. The molecule has 1 fully saturated rings. The highest BCUT2D eigenvalue weighted by Crippen LogP contribution is 2.14. The number of ether oxygens (including phenoxy) is 1. The van der Waals surface area contributed by atoms with Gasteiger partial charge in [0.1, 0.15) is 0 Å². The number of hydrogen-bond acceptors (Lipinski definition) is 4. The van der Waals surface area contributed by atoms with Crippen LogP contribution in [0, 0.1) is 0 Å². The first kappa shape index (κ1) is 16.6. The molecule has 3 rings (SSSR count). The predicted octanol–water partition coefficient (Wildman–Crippen LogP) is 2.23. The number of anilines is 1. The van der Waals surface area contributed by atoms with E-state index in [0.29, 0.717) is 12.1 Å². The van der Waals surface area contributed by atoms with Gasteiger partial charge in [0.2, 0.25) is 0 Å². The highest BCUT2D eigenvalue weighted by atomic mass is 16.5. The topological polar surface area (TPSA) is 67.6 Å². The molecular formula is C19H23N3O2. The highest BCUT2D eigenvalue weighted by molar-refractivity contribution is 6.04. The summed E-state index contributed by atoms with van der Waals surface area (Å²) in [4.78, 5) is 14.6. The van der Waals surface area contributed by atoms with E-state index < -0.39 is 0 Å². The lowest BCUT2D eigenvalue weighted by atomic mass is 10.1. The first-order chi connectivity index (χ1) is 11.7. The third kappa shape index (κ3) is 4.41. The Bertz CT molecular complexity index is 662. The number of morpholine rings is 1. The van der Waals surface area contributed by atoms with E-state index in [1.54, 1.807) is 12.1 Å². The Morgan fingerprint density at radius 2 is 1.62 bits per heavy atom. The maximum Gasteiger partial charge on any atom is 0.255 e. The summed E-state index contributed by atoms with van der Waals surface area (Å²) in [5.74, 6) is -0.112. The number of hydrogen-bond donors (Lipinski definition) is 2. The average molecular weight is 325 g/mol. The van der Waals surface area contributed by atoms with Gasteiger partial charge in [-0.2, -0.15) is 0 Å². The molecule has 5 nitrogen and oxygen atoms in total. The maximum absolute atomic E-state index is 12.3. The molecule has 126 valence electrons. The molecule has 5 heteroatoms. The van der Waals surface area contributed by atoms with Crippen molar-refractivity contribution in [1.29, 1.82) is 0 Å². The standard InChI is InChI=1S/C19H23N3O2/c20-13-15-1-5-17(6-2-15)19(23)21-18-7-3-16(4-8-18)14-22-9-11-24-12-10-22/h1-8H,9-14,20H2,(H,21,23). The summed E-state index contributed by atoms with van der Waals surface area (Å²) in [6, 6.07) is 15.4. The van der Waals surface area contributed by atoms with E-state index >= 15 is 0 Å². The summed E-state index contributed by atoms with van der Waals surface area (Å²) < 4.78 is 5.36. The third-order valence-electron chi connectivity index (χ3n) is 4.17. The number of carbonyl (C=O) groups is 1. The number of benzene rings is 2. The maximum atomic E-state index is 12.3. The summed E-state index contributed by atoms with van der Waals surface area (Å²) in [6.45, 7) is 4.94. The summed E-state index contributed by atoms with van der Waals surface area (Å²) >= 11 is 0. The molecule has 0 saturated carbocycles. The van der Waals surface area contributed by atoms with Crippen LogP contribution in [-0.2, 0) is 17.8 Å². The SMILES string of the molecule is NCc1ccc(C(=O)Nc2ccc(CN3CCOCC3)cc2)cc1. The molecule has 3 N–H and O–H groups in total. The zero-order chi connectivity index (χ0) is 16.8. The predicted molar refractivity (Wildman–Crippen MR) is 94.8 cm³/mol.